The maximum atomic E-state index is 4.03. The second-order valence-corrected chi connectivity index (χ2v) is 4.21. The van der Waals surface area contributed by atoms with Gasteiger partial charge in [-0.2, -0.15) is 5.10 Å². The van der Waals surface area contributed by atoms with Gasteiger partial charge in [0.15, 0.2) is 0 Å². The van der Waals surface area contributed by atoms with E-state index in [-0.39, 0.29) is 0 Å². The lowest BCUT2D eigenvalue weighted by molar-refractivity contribution is 0.360. The van der Waals surface area contributed by atoms with Crippen molar-refractivity contribution in [3.63, 3.8) is 0 Å². The van der Waals surface area contributed by atoms with Gasteiger partial charge in [0.25, 0.3) is 0 Å². The third kappa shape index (κ3) is 2.44. The highest BCUT2D eigenvalue weighted by atomic mass is 15.2. The van der Waals surface area contributed by atoms with E-state index in [1.165, 1.54) is 25.7 Å². The van der Waals surface area contributed by atoms with E-state index in [1.807, 2.05) is 12.1 Å². The van der Waals surface area contributed by atoms with Crippen molar-refractivity contribution in [2.75, 3.05) is 5.32 Å². The van der Waals surface area contributed by atoms with Crippen LogP contribution in [0.4, 0.5) is 5.82 Å². The van der Waals surface area contributed by atoms with E-state index in [4.69, 9.17) is 0 Å². The molecule has 1 heterocycles. The fraction of sp³-hybridized carbons (Fsp3) is 0.636. The largest absolute Gasteiger partial charge is 0.366 e. The van der Waals surface area contributed by atoms with Crippen LogP contribution in [0.2, 0.25) is 0 Å². The van der Waals surface area contributed by atoms with Crippen LogP contribution in [-0.2, 0) is 0 Å². The van der Waals surface area contributed by atoms with Crippen LogP contribution in [0.25, 0.3) is 0 Å². The SMILES string of the molecule is CC1CCC(Nc2cccnn2)CC1. The van der Waals surface area contributed by atoms with Crippen molar-refractivity contribution in [3.8, 4) is 0 Å². The van der Waals surface area contributed by atoms with Crippen molar-refractivity contribution >= 4 is 5.82 Å². The topological polar surface area (TPSA) is 37.8 Å². The quantitative estimate of drug-likeness (QED) is 0.780. The van der Waals surface area contributed by atoms with Gasteiger partial charge in [0.2, 0.25) is 0 Å². The molecule has 0 bridgehead atoms. The molecule has 0 radical (unpaired) electrons. The lowest BCUT2D eigenvalue weighted by Crippen LogP contribution is -2.25. The van der Waals surface area contributed by atoms with E-state index in [0.29, 0.717) is 6.04 Å². The summed E-state index contributed by atoms with van der Waals surface area (Å²) in [6.07, 6.45) is 6.89. The lowest BCUT2D eigenvalue weighted by Gasteiger charge is -2.26. The minimum atomic E-state index is 0.600. The van der Waals surface area contributed by atoms with Gasteiger partial charge in [-0.1, -0.05) is 6.92 Å². The molecule has 2 rings (SSSR count). The van der Waals surface area contributed by atoms with Crippen LogP contribution in [0.3, 0.4) is 0 Å². The fourth-order valence-corrected chi connectivity index (χ4v) is 1.99. The van der Waals surface area contributed by atoms with Crippen LogP contribution in [0.5, 0.6) is 0 Å². The molecule has 0 aromatic carbocycles. The average Bonchev–Trinajstić information content (AvgIpc) is 2.23. The molecule has 0 amide bonds. The summed E-state index contributed by atoms with van der Waals surface area (Å²) < 4.78 is 0. The zero-order valence-electron chi connectivity index (χ0n) is 8.61. The van der Waals surface area contributed by atoms with Crippen LogP contribution >= 0.6 is 0 Å². The minimum absolute atomic E-state index is 0.600. The Morgan fingerprint density at radius 3 is 2.71 bits per heavy atom. The first-order chi connectivity index (χ1) is 6.84. The first-order valence-corrected chi connectivity index (χ1v) is 5.39. The van der Waals surface area contributed by atoms with Gasteiger partial charge in [0.05, 0.1) is 0 Å². The summed E-state index contributed by atoms with van der Waals surface area (Å²) in [7, 11) is 0. The second-order valence-electron chi connectivity index (χ2n) is 4.21. The van der Waals surface area contributed by atoms with Crippen LogP contribution in [-0.4, -0.2) is 16.2 Å². The Morgan fingerprint density at radius 1 is 1.29 bits per heavy atom. The van der Waals surface area contributed by atoms with Gasteiger partial charge in [-0.15, -0.1) is 5.10 Å². The number of anilines is 1. The van der Waals surface area contributed by atoms with E-state index >= 15 is 0 Å². The minimum Gasteiger partial charge on any atom is -0.366 e. The van der Waals surface area contributed by atoms with Crippen molar-refractivity contribution in [2.45, 2.75) is 38.6 Å². The molecule has 76 valence electrons. The molecule has 1 aliphatic rings. The normalized spacial score (nSPS) is 27.2. The van der Waals surface area contributed by atoms with E-state index in [2.05, 4.69) is 22.4 Å². The lowest BCUT2D eigenvalue weighted by atomic mass is 9.87. The Balaban J connectivity index is 1.87. The summed E-state index contributed by atoms with van der Waals surface area (Å²) in [5.41, 5.74) is 0. The van der Waals surface area contributed by atoms with Gasteiger partial charge >= 0.3 is 0 Å². The molecule has 0 aliphatic heterocycles. The van der Waals surface area contributed by atoms with E-state index in [9.17, 15) is 0 Å². The van der Waals surface area contributed by atoms with Crippen molar-refractivity contribution < 1.29 is 0 Å². The number of nitrogens with zero attached hydrogens (tertiary/aromatic N) is 2. The van der Waals surface area contributed by atoms with Crippen LogP contribution < -0.4 is 5.32 Å². The predicted octanol–water partition coefficient (Wildman–Crippen LogP) is 2.47. The molecule has 1 saturated carbocycles. The number of hydrogen-bond donors (Lipinski definition) is 1. The van der Waals surface area contributed by atoms with Crippen molar-refractivity contribution in [1.82, 2.24) is 10.2 Å². The molecule has 1 N–H and O–H groups in total. The molecular formula is C11H17N3. The molecule has 1 aromatic rings. The van der Waals surface area contributed by atoms with Gasteiger partial charge in [-0.3, -0.25) is 0 Å². The molecular weight excluding hydrogens is 174 g/mol. The molecule has 0 atom stereocenters. The summed E-state index contributed by atoms with van der Waals surface area (Å²) in [5, 5.41) is 11.3. The summed E-state index contributed by atoms with van der Waals surface area (Å²) in [5.74, 6) is 1.81. The van der Waals surface area contributed by atoms with Gasteiger partial charge in [-0.25, -0.2) is 0 Å². The Morgan fingerprint density at radius 2 is 2.07 bits per heavy atom. The first kappa shape index (κ1) is 9.44. The maximum Gasteiger partial charge on any atom is 0.148 e. The zero-order valence-corrected chi connectivity index (χ0v) is 8.61. The number of aromatic nitrogens is 2. The van der Waals surface area contributed by atoms with Crippen LogP contribution in [0.1, 0.15) is 32.6 Å². The van der Waals surface area contributed by atoms with Gasteiger partial charge in [-0.05, 0) is 43.7 Å². The summed E-state index contributed by atoms with van der Waals surface area (Å²) in [6, 6.07) is 4.49. The monoisotopic (exact) mass is 191 g/mol. The molecule has 1 aromatic heterocycles. The highest BCUT2D eigenvalue weighted by Gasteiger charge is 2.17. The van der Waals surface area contributed by atoms with Crippen LogP contribution in [0.15, 0.2) is 18.3 Å². The first-order valence-electron chi connectivity index (χ1n) is 5.39. The summed E-state index contributed by atoms with van der Waals surface area (Å²) >= 11 is 0. The van der Waals surface area contributed by atoms with E-state index < -0.39 is 0 Å². The van der Waals surface area contributed by atoms with Gasteiger partial charge < -0.3 is 5.32 Å². The molecule has 1 aliphatic carbocycles. The van der Waals surface area contributed by atoms with Crippen molar-refractivity contribution in [1.29, 1.82) is 0 Å². The highest BCUT2D eigenvalue weighted by molar-refractivity contribution is 5.32. The van der Waals surface area contributed by atoms with Crippen molar-refractivity contribution in [2.24, 2.45) is 5.92 Å². The van der Waals surface area contributed by atoms with E-state index in [0.717, 1.165) is 11.7 Å². The summed E-state index contributed by atoms with van der Waals surface area (Å²) in [4.78, 5) is 0. The average molecular weight is 191 g/mol. The number of nitrogens with one attached hydrogen (secondary N) is 1. The molecule has 3 heteroatoms. The highest BCUT2D eigenvalue weighted by Crippen LogP contribution is 2.25. The fourth-order valence-electron chi connectivity index (χ4n) is 1.99. The number of rotatable bonds is 2. The third-order valence-corrected chi connectivity index (χ3v) is 2.94. The smallest absolute Gasteiger partial charge is 0.148 e. The Hall–Kier alpha value is -1.12. The molecule has 3 nitrogen and oxygen atoms in total. The maximum absolute atomic E-state index is 4.03. The molecule has 0 spiro atoms. The second kappa shape index (κ2) is 4.40. The molecule has 0 saturated heterocycles. The number of hydrogen-bond acceptors (Lipinski definition) is 3. The van der Waals surface area contributed by atoms with Gasteiger partial charge in [0.1, 0.15) is 5.82 Å². The molecule has 14 heavy (non-hydrogen) atoms. The summed E-state index contributed by atoms with van der Waals surface area (Å²) in [6.45, 7) is 2.33. The Labute approximate surface area is 84.9 Å². The third-order valence-electron chi connectivity index (χ3n) is 2.94. The molecule has 0 unspecified atom stereocenters. The zero-order chi connectivity index (χ0) is 9.80. The standard InChI is InChI=1S/C11H17N3/c1-9-4-6-10(7-5-9)13-11-3-2-8-12-14-11/h2-3,8-10H,4-7H2,1H3,(H,13,14). The Bertz CT molecular complexity index is 265. The van der Waals surface area contributed by atoms with Gasteiger partial charge in [0, 0.05) is 12.2 Å². The van der Waals surface area contributed by atoms with Crippen LogP contribution in [0, 0.1) is 5.92 Å². The predicted molar refractivity (Wildman–Crippen MR) is 57.1 cm³/mol. The Kier molecular flexibility index (Phi) is 2.96. The van der Waals surface area contributed by atoms with Crippen molar-refractivity contribution in [3.05, 3.63) is 18.3 Å². The molecule has 1 fully saturated rings. The van der Waals surface area contributed by atoms with E-state index in [1.54, 1.807) is 6.20 Å².